The normalized spacial score (nSPS) is 12.4. The monoisotopic (exact) mass is 440 g/mol. The van der Waals surface area contributed by atoms with Gasteiger partial charge in [-0.2, -0.15) is 0 Å². The zero-order valence-electron chi connectivity index (χ0n) is 17.6. The van der Waals surface area contributed by atoms with E-state index >= 15 is 0 Å². The van der Waals surface area contributed by atoms with E-state index in [4.69, 9.17) is 11.6 Å². The predicted molar refractivity (Wildman–Crippen MR) is 140 cm³/mol. The van der Waals surface area contributed by atoms with Gasteiger partial charge in [-0.3, -0.25) is 0 Å². The molecule has 0 fully saturated rings. The first kappa shape index (κ1) is 17.5. The number of hydrogen-bond acceptors (Lipinski definition) is 0. The van der Waals surface area contributed by atoms with Gasteiger partial charge < -0.3 is 8.97 Å². The third kappa shape index (κ3) is 2.05. The van der Waals surface area contributed by atoms with Gasteiger partial charge in [0, 0.05) is 32.6 Å². The van der Waals surface area contributed by atoms with Gasteiger partial charge in [-0.25, -0.2) is 0 Å². The summed E-state index contributed by atoms with van der Waals surface area (Å²) in [6, 6.07) is 36.8. The summed E-state index contributed by atoms with van der Waals surface area (Å²) in [7, 11) is 0. The molecule has 0 aliphatic carbocycles. The van der Waals surface area contributed by atoms with E-state index in [1.54, 1.807) is 0 Å². The Morgan fingerprint density at radius 2 is 1.12 bits per heavy atom. The average molecular weight is 441 g/mol. The van der Waals surface area contributed by atoms with Crippen molar-refractivity contribution in [3.63, 3.8) is 0 Å². The summed E-state index contributed by atoms with van der Waals surface area (Å²) < 4.78 is 4.77. The zero-order valence-corrected chi connectivity index (χ0v) is 18.3. The maximum atomic E-state index is 6.94. The van der Waals surface area contributed by atoms with Crippen molar-refractivity contribution in [3.8, 4) is 5.69 Å². The summed E-state index contributed by atoms with van der Waals surface area (Å²) in [6.45, 7) is 0. The van der Waals surface area contributed by atoms with E-state index < -0.39 is 0 Å². The van der Waals surface area contributed by atoms with Crippen LogP contribution in [0.3, 0.4) is 0 Å². The minimum absolute atomic E-state index is 0.767. The van der Waals surface area contributed by atoms with Crippen molar-refractivity contribution in [2.24, 2.45) is 0 Å². The average Bonchev–Trinajstić information content (AvgIpc) is 3.35. The van der Waals surface area contributed by atoms with E-state index in [0.29, 0.717) is 0 Å². The highest BCUT2D eigenvalue weighted by Crippen LogP contribution is 2.45. The van der Waals surface area contributed by atoms with Crippen molar-refractivity contribution in [2.45, 2.75) is 0 Å². The summed E-state index contributed by atoms with van der Waals surface area (Å²) in [5, 5.41) is 8.27. The van der Waals surface area contributed by atoms with Crippen molar-refractivity contribution in [1.29, 1.82) is 0 Å². The second-order valence-corrected chi connectivity index (χ2v) is 9.12. The Labute approximate surface area is 194 Å². The third-order valence-corrected chi connectivity index (χ3v) is 7.41. The molecule has 0 saturated heterocycles. The molecule has 0 radical (unpaired) electrons. The van der Waals surface area contributed by atoms with Crippen LogP contribution in [0.25, 0.3) is 65.6 Å². The highest BCUT2D eigenvalue weighted by Gasteiger charge is 2.22. The first-order valence-corrected chi connectivity index (χ1v) is 11.5. The Balaban J connectivity index is 1.82. The van der Waals surface area contributed by atoms with E-state index in [0.717, 1.165) is 16.2 Å². The Morgan fingerprint density at radius 3 is 2.00 bits per heavy atom. The smallest absolute Gasteiger partial charge is 0.0734 e. The minimum atomic E-state index is 0.767. The van der Waals surface area contributed by atoms with Crippen LogP contribution in [0.4, 0.5) is 0 Å². The van der Waals surface area contributed by atoms with Gasteiger partial charge in [0.1, 0.15) is 0 Å². The molecule has 8 rings (SSSR count). The molecule has 0 spiro atoms. The van der Waals surface area contributed by atoms with E-state index in [-0.39, 0.29) is 0 Å². The second-order valence-electron chi connectivity index (χ2n) is 8.72. The molecule has 8 aromatic rings. The molecule has 33 heavy (non-hydrogen) atoms. The van der Waals surface area contributed by atoms with Crippen molar-refractivity contribution in [2.75, 3.05) is 0 Å². The standard InChI is InChI=1S/C30H17ClN2/c31-23-17-16-20-22-12-6-11-21-19-10-4-5-13-24(19)33(29(21)22)26-15-7-14-25-28(26)27(20)30(23)32(25)18-8-2-1-3-9-18/h1-17H. The van der Waals surface area contributed by atoms with E-state index in [1.807, 2.05) is 6.07 Å². The molecule has 154 valence electrons. The molecular formula is C30H17ClN2. The first-order valence-electron chi connectivity index (χ1n) is 11.2. The number of aromatic nitrogens is 2. The lowest BCUT2D eigenvalue weighted by atomic mass is 10.0. The SMILES string of the molecule is Clc1ccc2c3cccc4c5ccccc5n(c5cccc6c5c2c1n6-c1ccccc1)c34. The predicted octanol–water partition coefficient (Wildman–Crippen LogP) is 8.59. The molecule has 0 N–H and O–H groups in total. The number of benzene rings is 5. The van der Waals surface area contributed by atoms with Gasteiger partial charge in [-0.1, -0.05) is 78.3 Å². The summed E-state index contributed by atoms with van der Waals surface area (Å²) in [6.07, 6.45) is 0. The molecule has 0 aliphatic rings. The van der Waals surface area contributed by atoms with E-state index in [2.05, 4.69) is 106 Å². The van der Waals surface area contributed by atoms with Gasteiger partial charge in [-0.15, -0.1) is 0 Å². The largest absolute Gasteiger partial charge is 0.308 e. The lowest BCUT2D eigenvalue weighted by Crippen LogP contribution is -1.94. The summed E-state index contributed by atoms with van der Waals surface area (Å²) in [5.41, 5.74) is 7.04. The Bertz CT molecular complexity index is 2030. The van der Waals surface area contributed by atoms with Gasteiger partial charge in [0.05, 0.1) is 32.6 Å². The molecule has 0 saturated carbocycles. The van der Waals surface area contributed by atoms with Gasteiger partial charge in [-0.05, 0) is 41.8 Å². The fourth-order valence-electron chi connectivity index (χ4n) is 5.87. The van der Waals surface area contributed by atoms with Gasteiger partial charge in [0.25, 0.3) is 0 Å². The Kier molecular flexibility index (Phi) is 3.22. The molecule has 0 bridgehead atoms. The molecule has 0 aliphatic heterocycles. The summed E-state index contributed by atoms with van der Waals surface area (Å²) in [5.74, 6) is 0. The van der Waals surface area contributed by atoms with Crippen LogP contribution < -0.4 is 0 Å². The zero-order chi connectivity index (χ0) is 21.7. The molecular weight excluding hydrogens is 424 g/mol. The fraction of sp³-hybridized carbons (Fsp3) is 0. The fourth-order valence-corrected chi connectivity index (χ4v) is 6.11. The quantitative estimate of drug-likeness (QED) is 0.242. The lowest BCUT2D eigenvalue weighted by Gasteiger charge is -2.10. The maximum absolute atomic E-state index is 6.94. The molecule has 2 nitrogen and oxygen atoms in total. The van der Waals surface area contributed by atoms with Crippen LogP contribution in [-0.4, -0.2) is 8.97 Å². The van der Waals surface area contributed by atoms with E-state index in [1.165, 1.54) is 54.4 Å². The van der Waals surface area contributed by atoms with Gasteiger partial charge in [0.15, 0.2) is 0 Å². The molecule has 0 amide bonds. The van der Waals surface area contributed by atoms with Crippen molar-refractivity contribution >= 4 is 71.5 Å². The number of nitrogens with zero attached hydrogens (tertiary/aromatic N) is 2. The number of halogens is 1. The van der Waals surface area contributed by atoms with Crippen molar-refractivity contribution in [3.05, 3.63) is 108 Å². The number of hydrogen-bond donors (Lipinski definition) is 0. The number of fused-ring (bicyclic) bond motifs is 5. The van der Waals surface area contributed by atoms with Crippen LogP contribution in [-0.2, 0) is 0 Å². The minimum Gasteiger partial charge on any atom is -0.308 e. The van der Waals surface area contributed by atoms with Crippen molar-refractivity contribution < 1.29 is 0 Å². The maximum Gasteiger partial charge on any atom is 0.0734 e. The molecule has 5 aromatic carbocycles. The van der Waals surface area contributed by atoms with Crippen LogP contribution in [0.2, 0.25) is 5.02 Å². The summed E-state index contributed by atoms with van der Waals surface area (Å²) >= 11 is 6.94. The molecule has 3 heterocycles. The van der Waals surface area contributed by atoms with Crippen LogP contribution in [0.15, 0.2) is 103 Å². The van der Waals surface area contributed by atoms with Crippen LogP contribution in [0, 0.1) is 0 Å². The topological polar surface area (TPSA) is 9.34 Å². The van der Waals surface area contributed by atoms with Crippen LogP contribution in [0.5, 0.6) is 0 Å². The number of rotatable bonds is 1. The van der Waals surface area contributed by atoms with Crippen molar-refractivity contribution in [1.82, 2.24) is 8.97 Å². The van der Waals surface area contributed by atoms with Gasteiger partial charge >= 0.3 is 0 Å². The third-order valence-electron chi connectivity index (χ3n) is 7.10. The number of para-hydroxylation sites is 3. The van der Waals surface area contributed by atoms with Crippen LogP contribution >= 0.6 is 11.6 Å². The second kappa shape index (κ2) is 6.06. The highest BCUT2D eigenvalue weighted by atomic mass is 35.5. The Hall–Kier alpha value is -4.01. The molecule has 3 heteroatoms. The summed E-state index contributed by atoms with van der Waals surface area (Å²) in [4.78, 5) is 0. The van der Waals surface area contributed by atoms with Gasteiger partial charge in [0.2, 0.25) is 0 Å². The molecule has 0 unspecified atom stereocenters. The highest BCUT2D eigenvalue weighted by molar-refractivity contribution is 6.40. The molecule has 3 aromatic heterocycles. The molecule has 0 atom stereocenters. The Morgan fingerprint density at radius 1 is 0.455 bits per heavy atom. The lowest BCUT2D eigenvalue weighted by molar-refractivity contribution is 1.18. The van der Waals surface area contributed by atoms with Crippen LogP contribution in [0.1, 0.15) is 0 Å². The first-order chi connectivity index (χ1) is 16.3. The van der Waals surface area contributed by atoms with E-state index in [9.17, 15) is 0 Å².